The van der Waals surface area contributed by atoms with Gasteiger partial charge in [-0.05, 0) is 38.8 Å². The summed E-state index contributed by atoms with van der Waals surface area (Å²) in [5.41, 5.74) is 2.89. The van der Waals surface area contributed by atoms with Gasteiger partial charge in [0, 0.05) is 19.3 Å². The predicted octanol–water partition coefficient (Wildman–Crippen LogP) is 0.213. The van der Waals surface area contributed by atoms with Crippen molar-refractivity contribution in [1.29, 1.82) is 0 Å². The minimum atomic E-state index is -0.123. The molecule has 2 aliphatic heterocycles. The van der Waals surface area contributed by atoms with E-state index in [2.05, 4.69) is 10.8 Å². The van der Waals surface area contributed by atoms with Crippen molar-refractivity contribution < 1.29 is 14.4 Å². The molecule has 0 bridgehead atoms. The van der Waals surface area contributed by atoms with Crippen molar-refractivity contribution in [3.8, 4) is 0 Å². The number of ether oxygens (including phenoxy) is 1. The molecule has 92 valence electrons. The van der Waals surface area contributed by atoms with Crippen LogP contribution in [0.15, 0.2) is 0 Å². The highest BCUT2D eigenvalue weighted by molar-refractivity contribution is 5.72. The third-order valence-electron chi connectivity index (χ3n) is 3.22. The molecule has 2 aliphatic rings. The molecule has 0 aliphatic carbocycles. The van der Waals surface area contributed by atoms with Gasteiger partial charge in [-0.1, -0.05) is 0 Å². The molecule has 0 radical (unpaired) electrons. The van der Waals surface area contributed by atoms with Crippen LogP contribution in [0.1, 0.15) is 25.7 Å². The molecule has 5 heteroatoms. The van der Waals surface area contributed by atoms with Gasteiger partial charge in [0.25, 0.3) is 0 Å². The zero-order chi connectivity index (χ0) is 11.2. The second kappa shape index (κ2) is 6.18. The first kappa shape index (κ1) is 11.8. The fraction of sp³-hybridized carbons (Fsp3) is 0.909. The van der Waals surface area contributed by atoms with Gasteiger partial charge in [-0.2, -0.15) is 0 Å². The minimum absolute atomic E-state index is 0.0166. The summed E-state index contributed by atoms with van der Waals surface area (Å²) >= 11 is 0. The Balaban J connectivity index is 1.65. The summed E-state index contributed by atoms with van der Waals surface area (Å²) in [6, 6.07) is 0.310. The van der Waals surface area contributed by atoms with Crippen LogP contribution in [0.5, 0.6) is 0 Å². The van der Waals surface area contributed by atoms with Crippen LogP contribution in [-0.2, 0) is 14.4 Å². The fourth-order valence-corrected chi connectivity index (χ4v) is 2.10. The molecular formula is C11H20N2O3. The molecule has 2 saturated heterocycles. The Kier molecular flexibility index (Phi) is 4.56. The highest BCUT2D eigenvalue weighted by Gasteiger charge is 2.24. The maximum absolute atomic E-state index is 11.7. The van der Waals surface area contributed by atoms with Crippen molar-refractivity contribution in [3.05, 3.63) is 0 Å². The van der Waals surface area contributed by atoms with Crippen LogP contribution in [-0.4, -0.2) is 38.3 Å². The first-order chi connectivity index (χ1) is 7.86. The van der Waals surface area contributed by atoms with Gasteiger partial charge in [0.1, 0.15) is 0 Å². The SMILES string of the molecule is O=C(ONC1CCNCC1)C1CCOCC1. The van der Waals surface area contributed by atoms with E-state index in [4.69, 9.17) is 9.57 Å². The maximum atomic E-state index is 11.7. The lowest BCUT2D eigenvalue weighted by atomic mass is 10.0. The molecule has 0 aromatic carbocycles. The molecule has 5 nitrogen and oxygen atoms in total. The average molecular weight is 228 g/mol. The molecule has 0 saturated carbocycles. The van der Waals surface area contributed by atoms with Gasteiger partial charge in [-0.15, -0.1) is 5.48 Å². The van der Waals surface area contributed by atoms with Gasteiger partial charge in [-0.3, -0.25) is 4.79 Å². The molecule has 16 heavy (non-hydrogen) atoms. The van der Waals surface area contributed by atoms with Crippen molar-refractivity contribution in [3.63, 3.8) is 0 Å². The van der Waals surface area contributed by atoms with Crippen LogP contribution in [0.2, 0.25) is 0 Å². The first-order valence-corrected chi connectivity index (χ1v) is 6.11. The Morgan fingerprint density at radius 1 is 1.19 bits per heavy atom. The molecule has 0 aromatic heterocycles. The number of nitrogens with one attached hydrogen (secondary N) is 2. The summed E-state index contributed by atoms with van der Waals surface area (Å²) in [7, 11) is 0. The molecule has 2 fully saturated rings. The summed E-state index contributed by atoms with van der Waals surface area (Å²) in [5.74, 6) is -0.107. The van der Waals surface area contributed by atoms with E-state index in [0.29, 0.717) is 19.3 Å². The largest absolute Gasteiger partial charge is 0.381 e. The van der Waals surface area contributed by atoms with E-state index in [9.17, 15) is 4.79 Å². The highest BCUT2D eigenvalue weighted by atomic mass is 16.7. The predicted molar refractivity (Wildman–Crippen MR) is 58.7 cm³/mol. The average Bonchev–Trinajstić information content (AvgIpc) is 2.38. The van der Waals surface area contributed by atoms with Crippen LogP contribution in [0.4, 0.5) is 0 Å². The Hall–Kier alpha value is -0.650. The Morgan fingerprint density at radius 2 is 1.88 bits per heavy atom. The summed E-state index contributed by atoms with van der Waals surface area (Å²) in [4.78, 5) is 16.8. The molecule has 0 unspecified atom stereocenters. The molecule has 2 heterocycles. The zero-order valence-corrected chi connectivity index (χ0v) is 9.54. The van der Waals surface area contributed by atoms with Crippen LogP contribution < -0.4 is 10.8 Å². The number of carbonyl (C=O) groups is 1. The number of hydrogen-bond donors (Lipinski definition) is 2. The summed E-state index contributed by atoms with van der Waals surface area (Å²) in [6.45, 7) is 3.33. The molecular weight excluding hydrogens is 208 g/mol. The van der Waals surface area contributed by atoms with E-state index < -0.39 is 0 Å². The second-order valence-electron chi connectivity index (χ2n) is 4.45. The Morgan fingerprint density at radius 3 is 2.56 bits per heavy atom. The number of piperidine rings is 1. The minimum Gasteiger partial charge on any atom is -0.381 e. The van der Waals surface area contributed by atoms with Gasteiger partial charge >= 0.3 is 5.97 Å². The molecule has 0 aromatic rings. The van der Waals surface area contributed by atoms with Gasteiger partial charge in [0.2, 0.25) is 0 Å². The molecule has 0 spiro atoms. The van der Waals surface area contributed by atoms with E-state index >= 15 is 0 Å². The smallest absolute Gasteiger partial charge is 0.327 e. The van der Waals surface area contributed by atoms with E-state index in [1.165, 1.54) is 0 Å². The third kappa shape index (κ3) is 3.43. The van der Waals surface area contributed by atoms with E-state index in [-0.39, 0.29) is 11.9 Å². The van der Waals surface area contributed by atoms with Crippen LogP contribution in [0.25, 0.3) is 0 Å². The quantitative estimate of drug-likeness (QED) is 0.676. The monoisotopic (exact) mass is 228 g/mol. The first-order valence-electron chi connectivity index (χ1n) is 6.11. The number of rotatable bonds is 3. The Bertz CT molecular complexity index is 223. The lowest BCUT2D eigenvalue weighted by Crippen LogP contribution is -2.42. The fourth-order valence-electron chi connectivity index (χ4n) is 2.10. The number of hydrogen-bond acceptors (Lipinski definition) is 5. The van der Waals surface area contributed by atoms with Crippen LogP contribution in [0, 0.1) is 5.92 Å². The molecule has 0 atom stereocenters. The van der Waals surface area contributed by atoms with Gasteiger partial charge in [-0.25, -0.2) is 0 Å². The van der Waals surface area contributed by atoms with Crippen molar-refractivity contribution in [2.75, 3.05) is 26.3 Å². The standard InChI is InChI=1S/C11H20N2O3/c14-11(9-3-7-15-8-4-9)16-13-10-1-5-12-6-2-10/h9-10,12-13H,1-8H2. The maximum Gasteiger partial charge on any atom is 0.327 e. The normalized spacial score (nSPS) is 24.2. The topological polar surface area (TPSA) is 59.6 Å². The lowest BCUT2D eigenvalue weighted by molar-refractivity contribution is -0.161. The zero-order valence-electron chi connectivity index (χ0n) is 9.54. The number of carbonyl (C=O) groups excluding carboxylic acids is 1. The second-order valence-corrected chi connectivity index (χ2v) is 4.45. The molecule has 0 amide bonds. The van der Waals surface area contributed by atoms with Crippen molar-refractivity contribution >= 4 is 5.97 Å². The number of hydroxylamine groups is 1. The Labute approximate surface area is 95.8 Å². The highest BCUT2D eigenvalue weighted by Crippen LogP contribution is 2.16. The molecule has 2 rings (SSSR count). The van der Waals surface area contributed by atoms with Gasteiger partial charge < -0.3 is 14.9 Å². The third-order valence-corrected chi connectivity index (χ3v) is 3.22. The summed E-state index contributed by atoms with van der Waals surface area (Å²) < 4.78 is 5.21. The van der Waals surface area contributed by atoms with Crippen molar-refractivity contribution in [2.24, 2.45) is 5.92 Å². The summed E-state index contributed by atoms with van der Waals surface area (Å²) in [5, 5.41) is 3.27. The van der Waals surface area contributed by atoms with E-state index in [1.807, 2.05) is 0 Å². The summed E-state index contributed by atoms with van der Waals surface area (Å²) in [6.07, 6.45) is 3.60. The van der Waals surface area contributed by atoms with E-state index in [1.54, 1.807) is 0 Å². The van der Waals surface area contributed by atoms with Crippen molar-refractivity contribution in [1.82, 2.24) is 10.8 Å². The lowest BCUT2D eigenvalue weighted by Gasteiger charge is -2.25. The van der Waals surface area contributed by atoms with Gasteiger partial charge in [0.05, 0.1) is 5.92 Å². The van der Waals surface area contributed by atoms with Crippen LogP contribution in [0.3, 0.4) is 0 Å². The van der Waals surface area contributed by atoms with Gasteiger partial charge in [0.15, 0.2) is 0 Å². The molecule has 2 N–H and O–H groups in total. The van der Waals surface area contributed by atoms with E-state index in [0.717, 1.165) is 38.8 Å². The van der Waals surface area contributed by atoms with Crippen LogP contribution >= 0.6 is 0 Å². The van der Waals surface area contributed by atoms with Crippen molar-refractivity contribution in [2.45, 2.75) is 31.7 Å².